The Kier molecular flexibility index (Phi) is 5.30. The molecule has 1 saturated heterocycles. The van der Waals surface area contributed by atoms with Crippen molar-refractivity contribution in [3.8, 4) is 5.88 Å². The number of β-amino-alcohol motifs (C(OH)–C–C–N with tert-alkyl or cyclic N) is 1. The number of carbonyl (C=O) groups is 1. The molecule has 1 N–H and O–H groups in total. The minimum Gasteiger partial charge on any atom is -0.481 e. The number of methoxy groups -OCH3 is 1. The average Bonchev–Trinajstić information content (AvgIpc) is 3.23. The lowest BCUT2D eigenvalue weighted by Crippen LogP contribution is -2.27. The number of hydrogen-bond donors (Lipinski definition) is 1. The van der Waals surface area contributed by atoms with Crippen LogP contribution in [0, 0.1) is 0 Å². The van der Waals surface area contributed by atoms with Gasteiger partial charge < -0.3 is 19.2 Å². The summed E-state index contributed by atoms with van der Waals surface area (Å²) < 4.78 is 10.5. The first-order valence-electron chi connectivity index (χ1n) is 8.15. The SMILES string of the molecule is COc1cccc(CN(C)C(=O)c2coc(CN3CC[C@H](O)C3)n2)n1. The lowest BCUT2D eigenvalue weighted by atomic mass is 10.3. The molecule has 1 amide bonds. The van der Waals surface area contributed by atoms with Crippen LogP contribution in [0.3, 0.4) is 0 Å². The van der Waals surface area contributed by atoms with Gasteiger partial charge in [-0.3, -0.25) is 9.69 Å². The van der Waals surface area contributed by atoms with Gasteiger partial charge in [0.2, 0.25) is 11.8 Å². The maximum Gasteiger partial charge on any atom is 0.275 e. The van der Waals surface area contributed by atoms with Crippen LogP contribution in [-0.4, -0.2) is 64.1 Å². The Hall–Kier alpha value is -2.45. The molecule has 1 fully saturated rings. The Morgan fingerprint density at radius 1 is 1.48 bits per heavy atom. The van der Waals surface area contributed by atoms with Crippen LogP contribution >= 0.6 is 0 Å². The highest BCUT2D eigenvalue weighted by Crippen LogP contribution is 2.15. The number of aromatic nitrogens is 2. The van der Waals surface area contributed by atoms with Crippen molar-refractivity contribution in [1.82, 2.24) is 19.8 Å². The lowest BCUT2D eigenvalue weighted by Gasteiger charge is -2.15. The molecule has 2 aromatic rings. The van der Waals surface area contributed by atoms with E-state index in [1.54, 1.807) is 20.2 Å². The molecule has 25 heavy (non-hydrogen) atoms. The van der Waals surface area contributed by atoms with Crippen LogP contribution in [0.25, 0.3) is 0 Å². The molecule has 3 heterocycles. The summed E-state index contributed by atoms with van der Waals surface area (Å²) >= 11 is 0. The number of aliphatic hydroxyl groups excluding tert-OH is 1. The third-order valence-corrected chi connectivity index (χ3v) is 4.11. The van der Waals surface area contributed by atoms with Gasteiger partial charge in [0.15, 0.2) is 5.69 Å². The van der Waals surface area contributed by atoms with Gasteiger partial charge in [-0.05, 0) is 12.5 Å². The zero-order valence-electron chi connectivity index (χ0n) is 14.4. The number of likely N-dealkylation sites (tertiary alicyclic amines) is 1. The molecule has 3 rings (SSSR count). The van der Waals surface area contributed by atoms with Gasteiger partial charge in [0.25, 0.3) is 5.91 Å². The number of pyridine rings is 1. The Labute approximate surface area is 146 Å². The van der Waals surface area contributed by atoms with Gasteiger partial charge in [0.1, 0.15) is 6.26 Å². The smallest absolute Gasteiger partial charge is 0.275 e. The first kappa shape index (κ1) is 17.4. The van der Waals surface area contributed by atoms with Gasteiger partial charge in [0.05, 0.1) is 32.0 Å². The van der Waals surface area contributed by atoms with E-state index in [0.29, 0.717) is 31.4 Å². The van der Waals surface area contributed by atoms with E-state index in [2.05, 4.69) is 14.9 Å². The molecule has 1 aliphatic rings. The van der Waals surface area contributed by atoms with Crippen LogP contribution in [0.1, 0.15) is 28.5 Å². The van der Waals surface area contributed by atoms with E-state index in [1.807, 2.05) is 12.1 Å². The van der Waals surface area contributed by atoms with Crippen molar-refractivity contribution in [2.24, 2.45) is 0 Å². The monoisotopic (exact) mass is 346 g/mol. The van der Waals surface area contributed by atoms with Gasteiger partial charge in [-0.25, -0.2) is 9.97 Å². The molecule has 0 saturated carbocycles. The number of hydrogen-bond acceptors (Lipinski definition) is 7. The number of amides is 1. The summed E-state index contributed by atoms with van der Waals surface area (Å²) in [7, 11) is 3.24. The number of ether oxygens (including phenoxy) is 1. The molecule has 0 radical (unpaired) electrons. The fourth-order valence-electron chi connectivity index (χ4n) is 2.80. The highest BCUT2D eigenvalue weighted by Gasteiger charge is 2.23. The lowest BCUT2D eigenvalue weighted by molar-refractivity contribution is 0.0777. The summed E-state index contributed by atoms with van der Waals surface area (Å²) in [6.45, 7) is 2.24. The quantitative estimate of drug-likeness (QED) is 0.831. The highest BCUT2D eigenvalue weighted by atomic mass is 16.5. The summed E-state index contributed by atoms with van der Waals surface area (Å²) in [5, 5.41) is 9.55. The van der Waals surface area contributed by atoms with Crippen molar-refractivity contribution in [3.63, 3.8) is 0 Å². The number of oxazole rings is 1. The van der Waals surface area contributed by atoms with E-state index in [9.17, 15) is 9.90 Å². The molecule has 8 nitrogen and oxygen atoms in total. The van der Waals surface area contributed by atoms with Crippen molar-refractivity contribution in [1.29, 1.82) is 0 Å². The molecular formula is C17H22N4O4. The van der Waals surface area contributed by atoms with Crippen LogP contribution in [0.15, 0.2) is 28.9 Å². The van der Waals surface area contributed by atoms with Crippen LogP contribution in [0.4, 0.5) is 0 Å². The predicted octanol–water partition coefficient (Wildman–Crippen LogP) is 0.917. The van der Waals surface area contributed by atoms with Gasteiger partial charge in [-0.1, -0.05) is 6.07 Å². The maximum atomic E-state index is 12.5. The second kappa shape index (κ2) is 7.62. The molecule has 1 aliphatic heterocycles. The Balaban J connectivity index is 1.60. The molecule has 1 atom stereocenters. The number of rotatable bonds is 6. The first-order valence-corrected chi connectivity index (χ1v) is 8.15. The number of nitrogens with zero attached hydrogens (tertiary/aromatic N) is 4. The third-order valence-electron chi connectivity index (χ3n) is 4.11. The minimum absolute atomic E-state index is 0.235. The fraction of sp³-hybridized carbons (Fsp3) is 0.471. The fourth-order valence-corrected chi connectivity index (χ4v) is 2.80. The number of carbonyl (C=O) groups excluding carboxylic acids is 1. The van der Waals surface area contributed by atoms with Gasteiger partial charge in [0, 0.05) is 26.2 Å². The molecule has 0 spiro atoms. The zero-order valence-corrected chi connectivity index (χ0v) is 14.4. The van der Waals surface area contributed by atoms with Crippen molar-refractivity contribution < 1.29 is 19.1 Å². The van der Waals surface area contributed by atoms with Gasteiger partial charge in [-0.15, -0.1) is 0 Å². The van der Waals surface area contributed by atoms with Crippen molar-refractivity contribution in [2.45, 2.75) is 25.6 Å². The van der Waals surface area contributed by atoms with E-state index in [1.165, 1.54) is 11.2 Å². The Morgan fingerprint density at radius 2 is 2.32 bits per heavy atom. The van der Waals surface area contributed by atoms with Crippen LogP contribution in [0.5, 0.6) is 5.88 Å². The molecule has 2 aromatic heterocycles. The molecule has 134 valence electrons. The van der Waals surface area contributed by atoms with E-state index in [-0.39, 0.29) is 17.7 Å². The van der Waals surface area contributed by atoms with E-state index >= 15 is 0 Å². The highest BCUT2D eigenvalue weighted by molar-refractivity contribution is 5.91. The van der Waals surface area contributed by atoms with Crippen molar-refractivity contribution >= 4 is 5.91 Å². The van der Waals surface area contributed by atoms with Gasteiger partial charge >= 0.3 is 0 Å². The summed E-state index contributed by atoms with van der Waals surface area (Å²) in [6, 6.07) is 5.42. The summed E-state index contributed by atoms with van der Waals surface area (Å²) in [6.07, 6.45) is 1.83. The Bertz CT molecular complexity index is 733. The molecule has 0 unspecified atom stereocenters. The van der Waals surface area contributed by atoms with E-state index in [0.717, 1.165) is 18.7 Å². The second-order valence-electron chi connectivity index (χ2n) is 6.14. The van der Waals surface area contributed by atoms with E-state index in [4.69, 9.17) is 9.15 Å². The second-order valence-corrected chi connectivity index (χ2v) is 6.14. The Morgan fingerprint density at radius 3 is 3.04 bits per heavy atom. The molecule has 0 aromatic carbocycles. The largest absolute Gasteiger partial charge is 0.481 e. The van der Waals surface area contributed by atoms with Crippen molar-refractivity contribution in [3.05, 3.63) is 41.7 Å². The van der Waals surface area contributed by atoms with Crippen LogP contribution in [-0.2, 0) is 13.1 Å². The summed E-state index contributed by atoms with van der Waals surface area (Å²) in [5.74, 6) is 0.751. The molecule has 0 bridgehead atoms. The first-order chi connectivity index (χ1) is 12.0. The van der Waals surface area contributed by atoms with Gasteiger partial charge in [-0.2, -0.15) is 0 Å². The van der Waals surface area contributed by atoms with Crippen molar-refractivity contribution in [2.75, 3.05) is 27.2 Å². The maximum absolute atomic E-state index is 12.5. The molecule has 8 heteroatoms. The van der Waals surface area contributed by atoms with Crippen LogP contribution < -0.4 is 4.74 Å². The number of aliphatic hydroxyl groups is 1. The predicted molar refractivity (Wildman–Crippen MR) is 89.0 cm³/mol. The normalized spacial score (nSPS) is 17.6. The third kappa shape index (κ3) is 4.34. The molecular weight excluding hydrogens is 324 g/mol. The zero-order chi connectivity index (χ0) is 17.8. The summed E-state index contributed by atoms with van der Waals surface area (Å²) in [4.78, 5) is 24.6. The minimum atomic E-state index is -0.294. The van der Waals surface area contributed by atoms with E-state index < -0.39 is 0 Å². The molecule has 0 aliphatic carbocycles. The van der Waals surface area contributed by atoms with Crippen LogP contribution in [0.2, 0.25) is 0 Å². The summed E-state index contributed by atoms with van der Waals surface area (Å²) in [5.41, 5.74) is 0.991. The standard InChI is InChI=1S/C17H22N4O4/c1-20(8-12-4-3-5-15(18-12)24-2)17(23)14-11-25-16(19-14)10-21-7-6-13(22)9-21/h3-5,11,13,22H,6-10H2,1-2H3/t13-/m0/s1. The average molecular weight is 346 g/mol. The topological polar surface area (TPSA) is 91.9 Å².